The Morgan fingerprint density at radius 2 is 1.81 bits per heavy atom. The van der Waals surface area contributed by atoms with Crippen LogP contribution in [0.3, 0.4) is 0 Å². The highest BCUT2D eigenvalue weighted by Gasteiger charge is 2.19. The molecule has 1 saturated carbocycles. The highest BCUT2D eigenvalue weighted by molar-refractivity contribution is 5.60. The summed E-state index contributed by atoms with van der Waals surface area (Å²) in [5.41, 5.74) is 0. The minimum atomic E-state index is -0.494. The minimum Gasteiger partial charge on any atom is -0.431 e. The Balaban J connectivity index is 0.00000106. The van der Waals surface area contributed by atoms with Crippen LogP contribution in [0, 0.1) is 0 Å². The van der Waals surface area contributed by atoms with Crippen molar-refractivity contribution in [1.29, 1.82) is 0 Å². The fourth-order valence-corrected chi connectivity index (χ4v) is 1.59. The van der Waals surface area contributed by atoms with Crippen LogP contribution in [0.5, 0.6) is 0 Å². The van der Waals surface area contributed by atoms with Gasteiger partial charge in [-0.05, 0) is 39.0 Å². The van der Waals surface area contributed by atoms with E-state index in [2.05, 4.69) is 0 Å². The summed E-state index contributed by atoms with van der Waals surface area (Å²) in [5.74, 6) is 0. The molecule has 0 N–H and O–H groups in total. The molecule has 0 heterocycles. The van der Waals surface area contributed by atoms with Crippen LogP contribution in [0.15, 0.2) is 0 Å². The van der Waals surface area contributed by atoms with Crippen LogP contribution in [0.4, 0.5) is 4.79 Å². The van der Waals surface area contributed by atoms with Crippen molar-refractivity contribution < 1.29 is 14.3 Å². The summed E-state index contributed by atoms with van der Waals surface area (Å²) in [6, 6.07) is 0. The maximum atomic E-state index is 11.2. The molecule has 0 aromatic rings. The van der Waals surface area contributed by atoms with E-state index < -0.39 is 6.16 Å². The van der Waals surface area contributed by atoms with Crippen molar-refractivity contribution >= 4 is 6.16 Å². The molecule has 0 bridgehead atoms. The van der Waals surface area contributed by atoms with Gasteiger partial charge in [0.2, 0.25) is 0 Å². The lowest BCUT2D eigenvalue weighted by molar-refractivity contribution is -0.00749. The van der Waals surface area contributed by atoms with E-state index in [-0.39, 0.29) is 12.2 Å². The first-order valence-electron chi connectivity index (χ1n) is 6.59. The first-order chi connectivity index (χ1) is 7.72. The van der Waals surface area contributed by atoms with E-state index in [1.54, 1.807) is 0 Å². The molecule has 1 fully saturated rings. The zero-order valence-corrected chi connectivity index (χ0v) is 11.1. The number of hydrogen-bond donors (Lipinski definition) is 0. The Morgan fingerprint density at radius 1 is 1.25 bits per heavy atom. The van der Waals surface area contributed by atoms with Gasteiger partial charge in [0, 0.05) is 0 Å². The average Bonchev–Trinajstić information content (AvgIpc) is 2.32. The molecule has 3 heteroatoms. The molecule has 16 heavy (non-hydrogen) atoms. The van der Waals surface area contributed by atoms with Gasteiger partial charge in [-0.15, -0.1) is 0 Å². The second-order valence-corrected chi connectivity index (χ2v) is 3.96. The number of rotatable bonds is 3. The SMILES string of the molecule is CC.CCC(C)OC(=O)OC1CCCCC1. The lowest BCUT2D eigenvalue weighted by Gasteiger charge is -2.22. The van der Waals surface area contributed by atoms with Crippen LogP contribution < -0.4 is 0 Å². The predicted octanol–water partition coefficient (Wildman–Crippen LogP) is 4.30. The molecular formula is C13H26O3. The monoisotopic (exact) mass is 230 g/mol. The van der Waals surface area contributed by atoms with Gasteiger partial charge in [-0.25, -0.2) is 4.79 Å². The van der Waals surface area contributed by atoms with E-state index in [0.29, 0.717) is 0 Å². The van der Waals surface area contributed by atoms with Crippen LogP contribution in [-0.4, -0.2) is 18.4 Å². The van der Waals surface area contributed by atoms with Gasteiger partial charge in [-0.2, -0.15) is 0 Å². The lowest BCUT2D eigenvalue weighted by Crippen LogP contribution is -2.23. The third kappa shape index (κ3) is 6.70. The number of carbonyl (C=O) groups excluding carboxylic acids is 1. The Labute approximate surface area is 99.5 Å². The normalized spacial score (nSPS) is 18.0. The Morgan fingerprint density at radius 3 is 2.31 bits per heavy atom. The molecule has 0 spiro atoms. The highest BCUT2D eigenvalue weighted by Crippen LogP contribution is 2.20. The predicted molar refractivity (Wildman–Crippen MR) is 65.5 cm³/mol. The molecule has 0 radical (unpaired) electrons. The van der Waals surface area contributed by atoms with Gasteiger partial charge < -0.3 is 9.47 Å². The molecule has 1 rings (SSSR count). The summed E-state index contributed by atoms with van der Waals surface area (Å²) in [6.07, 6.45) is 5.99. The first-order valence-corrected chi connectivity index (χ1v) is 6.59. The summed E-state index contributed by atoms with van der Waals surface area (Å²) in [6.45, 7) is 7.86. The first kappa shape index (κ1) is 15.3. The molecule has 0 amide bonds. The standard InChI is InChI=1S/C11H20O3.C2H6/c1-3-9(2)13-11(12)14-10-7-5-4-6-8-10;1-2/h9-10H,3-8H2,1-2H3;1-2H3. The van der Waals surface area contributed by atoms with E-state index in [4.69, 9.17) is 9.47 Å². The van der Waals surface area contributed by atoms with Gasteiger partial charge in [-0.1, -0.05) is 27.2 Å². The van der Waals surface area contributed by atoms with E-state index in [1.807, 2.05) is 27.7 Å². The third-order valence-corrected chi connectivity index (χ3v) is 2.69. The fraction of sp³-hybridized carbons (Fsp3) is 0.923. The van der Waals surface area contributed by atoms with Crippen molar-refractivity contribution in [2.45, 2.75) is 78.4 Å². The summed E-state index contributed by atoms with van der Waals surface area (Å²) in [5, 5.41) is 0. The van der Waals surface area contributed by atoms with E-state index in [9.17, 15) is 4.79 Å². The molecule has 1 unspecified atom stereocenters. The van der Waals surface area contributed by atoms with E-state index in [1.165, 1.54) is 19.3 Å². The summed E-state index contributed by atoms with van der Waals surface area (Å²) >= 11 is 0. The van der Waals surface area contributed by atoms with Crippen molar-refractivity contribution in [3.05, 3.63) is 0 Å². The molecule has 96 valence electrons. The molecule has 1 atom stereocenters. The van der Waals surface area contributed by atoms with Gasteiger partial charge in [0.25, 0.3) is 0 Å². The van der Waals surface area contributed by atoms with Gasteiger partial charge in [-0.3, -0.25) is 0 Å². The van der Waals surface area contributed by atoms with E-state index in [0.717, 1.165) is 19.3 Å². The maximum absolute atomic E-state index is 11.2. The van der Waals surface area contributed by atoms with Crippen LogP contribution in [-0.2, 0) is 9.47 Å². The van der Waals surface area contributed by atoms with Crippen molar-refractivity contribution in [3.63, 3.8) is 0 Å². The molecule has 0 saturated heterocycles. The van der Waals surface area contributed by atoms with Gasteiger partial charge in [0.15, 0.2) is 0 Å². The van der Waals surface area contributed by atoms with Crippen molar-refractivity contribution in [1.82, 2.24) is 0 Å². The third-order valence-electron chi connectivity index (χ3n) is 2.69. The Bertz CT molecular complexity index is 174. The zero-order chi connectivity index (χ0) is 12.4. The molecule has 0 aromatic carbocycles. The number of carbonyl (C=O) groups is 1. The van der Waals surface area contributed by atoms with Crippen molar-refractivity contribution in [3.8, 4) is 0 Å². The molecule has 0 aliphatic heterocycles. The largest absolute Gasteiger partial charge is 0.508 e. The van der Waals surface area contributed by atoms with Gasteiger partial charge >= 0.3 is 6.16 Å². The van der Waals surface area contributed by atoms with Crippen LogP contribution >= 0.6 is 0 Å². The second-order valence-electron chi connectivity index (χ2n) is 3.96. The molecule has 1 aliphatic carbocycles. The maximum Gasteiger partial charge on any atom is 0.508 e. The number of hydrogen-bond acceptors (Lipinski definition) is 3. The average molecular weight is 230 g/mol. The molecular weight excluding hydrogens is 204 g/mol. The second kappa shape index (κ2) is 9.49. The van der Waals surface area contributed by atoms with Crippen LogP contribution in [0.2, 0.25) is 0 Å². The lowest BCUT2D eigenvalue weighted by atomic mass is 9.98. The Kier molecular flexibility index (Phi) is 9.06. The fourth-order valence-electron chi connectivity index (χ4n) is 1.59. The summed E-state index contributed by atoms with van der Waals surface area (Å²) in [4.78, 5) is 11.2. The van der Waals surface area contributed by atoms with Crippen LogP contribution in [0.25, 0.3) is 0 Å². The van der Waals surface area contributed by atoms with Gasteiger partial charge in [0.1, 0.15) is 12.2 Å². The summed E-state index contributed by atoms with van der Waals surface area (Å²) < 4.78 is 10.2. The van der Waals surface area contributed by atoms with Gasteiger partial charge in [0.05, 0.1) is 0 Å². The Hall–Kier alpha value is -0.730. The molecule has 1 aliphatic rings. The quantitative estimate of drug-likeness (QED) is 0.678. The molecule has 0 aromatic heterocycles. The summed E-state index contributed by atoms with van der Waals surface area (Å²) in [7, 11) is 0. The van der Waals surface area contributed by atoms with Crippen molar-refractivity contribution in [2.24, 2.45) is 0 Å². The molecule has 3 nitrogen and oxygen atoms in total. The number of ether oxygens (including phenoxy) is 2. The minimum absolute atomic E-state index is 0.0360. The topological polar surface area (TPSA) is 35.5 Å². The zero-order valence-electron chi connectivity index (χ0n) is 11.1. The smallest absolute Gasteiger partial charge is 0.431 e. The van der Waals surface area contributed by atoms with Crippen LogP contribution in [0.1, 0.15) is 66.2 Å². The van der Waals surface area contributed by atoms with Crippen molar-refractivity contribution in [2.75, 3.05) is 0 Å². The highest BCUT2D eigenvalue weighted by atomic mass is 16.7. The van der Waals surface area contributed by atoms with E-state index >= 15 is 0 Å².